The van der Waals surface area contributed by atoms with Crippen LogP contribution in [0.5, 0.6) is 11.5 Å². The van der Waals surface area contributed by atoms with Gasteiger partial charge in [-0.15, -0.1) is 0 Å². The lowest BCUT2D eigenvalue weighted by Crippen LogP contribution is -2.34. The molecule has 0 aliphatic rings. The molecule has 4 aromatic carbocycles. The van der Waals surface area contributed by atoms with Gasteiger partial charge in [0.25, 0.3) is 5.97 Å². The van der Waals surface area contributed by atoms with Crippen molar-refractivity contribution in [3.8, 4) is 11.5 Å². The van der Waals surface area contributed by atoms with Crippen LogP contribution in [0.15, 0.2) is 97.1 Å². The predicted octanol–water partition coefficient (Wildman–Crippen LogP) is 5.21. The summed E-state index contributed by atoms with van der Waals surface area (Å²) in [5, 5.41) is 33.2. The summed E-state index contributed by atoms with van der Waals surface area (Å²) in [6, 6.07) is 27.6. The van der Waals surface area contributed by atoms with Crippen LogP contribution >= 0.6 is 0 Å². The van der Waals surface area contributed by atoms with E-state index in [1.54, 1.807) is 30.3 Å². The zero-order valence-corrected chi connectivity index (χ0v) is 24.7. The first-order chi connectivity index (χ1) is 21.6. The van der Waals surface area contributed by atoms with Gasteiger partial charge in [0.2, 0.25) is 5.91 Å². The second kappa shape index (κ2) is 16.6. The smallest absolute Gasteiger partial charge is 0.409 e. The number of carboxylic acids is 1. The van der Waals surface area contributed by atoms with Crippen molar-refractivity contribution < 1.29 is 34.1 Å². The van der Waals surface area contributed by atoms with E-state index in [1.807, 2.05) is 60.7 Å². The maximum atomic E-state index is 13.7. The Morgan fingerprint density at radius 2 is 1.44 bits per heavy atom. The van der Waals surface area contributed by atoms with E-state index in [0.717, 1.165) is 18.1 Å². The van der Waals surface area contributed by atoms with Gasteiger partial charge >= 0.3 is 6.09 Å². The van der Waals surface area contributed by atoms with Gasteiger partial charge < -0.3 is 36.1 Å². The number of carbonyl (C=O) groups excluding carboxylic acids is 1. The number of nitrogen functional groups attached to an aromatic ring is 1. The van der Waals surface area contributed by atoms with Crippen LogP contribution in [-0.4, -0.2) is 41.1 Å². The largest absolute Gasteiger partial charge is 0.493 e. The third-order valence-electron chi connectivity index (χ3n) is 6.20. The summed E-state index contributed by atoms with van der Waals surface area (Å²) < 4.78 is 11.6. The highest BCUT2D eigenvalue weighted by atomic mass is 16.5. The number of carbonyl (C=O) groups is 3. The zero-order valence-electron chi connectivity index (χ0n) is 24.7. The van der Waals surface area contributed by atoms with Crippen LogP contribution in [0.25, 0.3) is 0 Å². The zero-order chi connectivity index (χ0) is 32.8. The van der Waals surface area contributed by atoms with Gasteiger partial charge in [0.15, 0.2) is 11.5 Å². The standard InChI is InChI=1S/C31H31N5O5.C2H4O2/c1-40-26-16-24(25(36-31(38)39)17-27(26)41-19-21-10-6-3-7-11-21)28(30(37)34-18-20-8-4-2-5-9-20)35-23-14-12-22(13-15-23)29(32)33;1-2(3)4/h2-17,28,35-36H,18-19H2,1H3,(H3,32,33)(H,34,37)(H,38,39);1H3,(H,3,4). The molecule has 8 N–H and O–H groups in total. The number of hydrogen-bond acceptors (Lipinski definition) is 7. The van der Waals surface area contributed by atoms with Gasteiger partial charge in [0, 0.05) is 36.3 Å². The number of amidine groups is 1. The topological polar surface area (TPSA) is 196 Å². The molecule has 0 heterocycles. The monoisotopic (exact) mass is 613 g/mol. The molecule has 0 aromatic heterocycles. The highest BCUT2D eigenvalue weighted by Gasteiger charge is 2.27. The average molecular weight is 614 g/mol. The first-order valence-electron chi connectivity index (χ1n) is 13.7. The molecule has 45 heavy (non-hydrogen) atoms. The minimum atomic E-state index is -1.31. The molecule has 2 amide bonds. The van der Waals surface area contributed by atoms with Crippen LogP contribution in [-0.2, 0) is 22.7 Å². The summed E-state index contributed by atoms with van der Waals surface area (Å²) in [7, 11) is 1.47. The summed E-state index contributed by atoms with van der Waals surface area (Å²) in [4.78, 5) is 34.4. The maximum Gasteiger partial charge on any atom is 0.409 e. The van der Waals surface area contributed by atoms with Gasteiger partial charge in [-0.2, -0.15) is 0 Å². The first kappa shape index (κ1) is 33.5. The Hall–Kier alpha value is -6.04. The number of aliphatic carboxylic acids is 1. The van der Waals surface area contributed by atoms with E-state index >= 15 is 0 Å². The van der Waals surface area contributed by atoms with Crippen LogP contribution in [0.3, 0.4) is 0 Å². The molecule has 4 aromatic rings. The first-order valence-corrected chi connectivity index (χ1v) is 13.7. The lowest BCUT2D eigenvalue weighted by Gasteiger charge is -2.24. The maximum absolute atomic E-state index is 13.7. The van der Waals surface area contributed by atoms with Crippen LogP contribution < -0.4 is 31.2 Å². The Labute approximate surface area is 260 Å². The molecule has 12 heteroatoms. The van der Waals surface area contributed by atoms with Crippen LogP contribution in [0.4, 0.5) is 16.2 Å². The van der Waals surface area contributed by atoms with Crippen molar-refractivity contribution in [2.24, 2.45) is 5.73 Å². The summed E-state index contributed by atoms with van der Waals surface area (Å²) >= 11 is 0. The second-order valence-electron chi connectivity index (χ2n) is 9.59. The number of methoxy groups -OCH3 is 1. The summed E-state index contributed by atoms with van der Waals surface area (Å²) in [6.07, 6.45) is -1.31. The van der Waals surface area contributed by atoms with Crippen LogP contribution in [0.2, 0.25) is 0 Å². The Kier molecular flexibility index (Phi) is 12.3. The number of hydrogen-bond donors (Lipinski definition) is 7. The average Bonchev–Trinajstić information content (AvgIpc) is 3.02. The molecule has 0 aliphatic heterocycles. The predicted molar refractivity (Wildman–Crippen MR) is 171 cm³/mol. The van der Waals surface area contributed by atoms with Crippen molar-refractivity contribution in [3.05, 3.63) is 119 Å². The Balaban J connectivity index is 0.00000130. The number of ether oxygens (including phenoxy) is 2. The molecule has 0 aliphatic carbocycles. The van der Waals surface area contributed by atoms with E-state index in [9.17, 15) is 14.7 Å². The number of carboxylic acid groups (broad SMARTS) is 2. The lowest BCUT2D eigenvalue weighted by molar-refractivity contribution is -0.134. The van der Waals surface area contributed by atoms with E-state index in [0.29, 0.717) is 28.3 Å². The highest BCUT2D eigenvalue weighted by Crippen LogP contribution is 2.38. The van der Waals surface area contributed by atoms with Crippen molar-refractivity contribution in [2.75, 3.05) is 17.7 Å². The number of anilines is 2. The fourth-order valence-corrected chi connectivity index (χ4v) is 4.13. The Bertz CT molecular complexity index is 1590. The fourth-order valence-electron chi connectivity index (χ4n) is 4.13. The quantitative estimate of drug-likeness (QED) is 0.0829. The molecule has 0 spiro atoms. The fraction of sp³-hybridized carbons (Fsp3) is 0.152. The van der Waals surface area contributed by atoms with Crippen LogP contribution in [0, 0.1) is 5.41 Å². The summed E-state index contributed by atoms with van der Waals surface area (Å²) in [5.41, 5.74) is 8.94. The number of benzene rings is 4. The van der Waals surface area contributed by atoms with E-state index in [2.05, 4.69) is 16.0 Å². The third kappa shape index (κ3) is 10.6. The van der Waals surface area contributed by atoms with Crippen molar-refractivity contribution >= 4 is 35.2 Å². The molecule has 234 valence electrons. The van der Waals surface area contributed by atoms with Gasteiger partial charge in [-0.1, -0.05) is 60.7 Å². The molecular formula is C33H35N5O7. The van der Waals surface area contributed by atoms with Gasteiger partial charge in [-0.05, 0) is 41.5 Å². The molecule has 12 nitrogen and oxygen atoms in total. The third-order valence-corrected chi connectivity index (χ3v) is 6.20. The van der Waals surface area contributed by atoms with Gasteiger partial charge in [-0.25, -0.2) is 4.79 Å². The lowest BCUT2D eigenvalue weighted by atomic mass is 10.0. The molecular weight excluding hydrogens is 578 g/mol. The number of amides is 2. The Morgan fingerprint density at radius 3 is 1.98 bits per heavy atom. The van der Waals surface area contributed by atoms with E-state index < -0.39 is 24.0 Å². The molecule has 0 radical (unpaired) electrons. The minimum absolute atomic E-state index is 0.0857. The SMILES string of the molecule is CC(=O)O.COc1cc(C(Nc2ccc(C(=N)N)cc2)C(=O)NCc2ccccc2)c(NC(=O)O)cc1OCc1ccccc1. The van der Waals surface area contributed by atoms with Crippen molar-refractivity contribution in [1.82, 2.24) is 5.32 Å². The van der Waals surface area contributed by atoms with Gasteiger partial charge in [-0.3, -0.25) is 20.3 Å². The summed E-state index contributed by atoms with van der Waals surface area (Å²) in [6.45, 7) is 1.57. The molecule has 1 atom stereocenters. The van der Waals surface area contributed by atoms with E-state index in [1.165, 1.54) is 13.2 Å². The molecule has 0 saturated carbocycles. The molecule has 1 unspecified atom stereocenters. The van der Waals surface area contributed by atoms with Crippen molar-refractivity contribution in [1.29, 1.82) is 5.41 Å². The van der Waals surface area contributed by atoms with Crippen molar-refractivity contribution in [3.63, 3.8) is 0 Å². The number of rotatable bonds is 12. The Morgan fingerprint density at radius 1 is 0.867 bits per heavy atom. The second-order valence-corrected chi connectivity index (χ2v) is 9.59. The minimum Gasteiger partial charge on any atom is -0.493 e. The van der Waals surface area contributed by atoms with Crippen molar-refractivity contribution in [2.45, 2.75) is 26.1 Å². The molecule has 0 bridgehead atoms. The van der Waals surface area contributed by atoms with Crippen LogP contribution in [0.1, 0.15) is 35.2 Å². The summed E-state index contributed by atoms with van der Waals surface area (Å²) in [5.74, 6) is -0.699. The van der Waals surface area contributed by atoms with E-state index in [4.69, 9.17) is 30.5 Å². The number of nitrogens with two attached hydrogens (primary N) is 1. The molecule has 0 saturated heterocycles. The van der Waals surface area contributed by atoms with Gasteiger partial charge in [0.1, 0.15) is 18.5 Å². The van der Waals surface area contributed by atoms with Gasteiger partial charge in [0.05, 0.1) is 12.8 Å². The normalized spacial score (nSPS) is 10.7. The molecule has 0 fully saturated rings. The van der Waals surface area contributed by atoms with E-state index in [-0.39, 0.29) is 24.7 Å². The number of nitrogens with one attached hydrogen (secondary N) is 4. The highest BCUT2D eigenvalue weighted by molar-refractivity contribution is 5.95. The molecule has 4 rings (SSSR count).